The van der Waals surface area contributed by atoms with Gasteiger partial charge in [-0.1, -0.05) is 67.2 Å². The summed E-state index contributed by atoms with van der Waals surface area (Å²) in [6.07, 6.45) is 0.948. The van der Waals surface area contributed by atoms with E-state index in [4.69, 9.17) is 14.7 Å². The number of carbonyl (C=O) groups excluding carboxylic acids is 3. The lowest BCUT2D eigenvalue weighted by Crippen LogP contribution is -2.42. The van der Waals surface area contributed by atoms with Crippen LogP contribution < -0.4 is 15.4 Å². The lowest BCUT2D eigenvalue weighted by atomic mass is 10.1. The molecule has 41 heavy (non-hydrogen) atoms. The number of nitrogens with zero attached hydrogens (tertiary/aromatic N) is 3. The van der Waals surface area contributed by atoms with Crippen molar-refractivity contribution < 1.29 is 19.1 Å². The molecule has 2 atom stereocenters. The van der Waals surface area contributed by atoms with Gasteiger partial charge in [-0.15, -0.1) is 0 Å². The summed E-state index contributed by atoms with van der Waals surface area (Å²) in [4.78, 5) is 50.4. The third-order valence-electron chi connectivity index (χ3n) is 6.77. The van der Waals surface area contributed by atoms with Crippen molar-refractivity contribution in [3.05, 3.63) is 90.0 Å². The predicted molar refractivity (Wildman–Crippen MR) is 162 cm³/mol. The number of amides is 3. The maximum absolute atomic E-state index is 13.6. The Morgan fingerprint density at radius 2 is 1.83 bits per heavy atom. The summed E-state index contributed by atoms with van der Waals surface area (Å²) in [7, 11) is 1.57. The first kappa shape index (κ1) is 28.1. The number of benzene rings is 3. The van der Waals surface area contributed by atoms with Crippen LogP contribution in [0.3, 0.4) is 0 Å². The number of hydrogen-bond acceptors (Lipinski definition) is 7. The van der Waals surface area contributed by atoms with Gasteiger partial charge in [0, 0.05) is 30.3 Å². The van der Waals surface area contributed by atoms with Crippen molar-refractivity contribution in [3.63, 3.8) is 0 Å². The second-order valence-corrected chi connectivity index (χ2v) is 10.8. The Bertz CT molecular complexity index is 1510. The fraction of sp³-hybridized carbons (Fsp3) is 0.258. The Hall–Kier alpha value is -4.44. The zero-order chi connectivity index (χ0) is 28.8. The molecule has 0 radical (unpaired) electrons. The highest BCUT2D eigenvalue weighted by Crippen LogP contribution is 2.36. The van der Waals surface area contributed by atoms with Crippen LogP contribution in [0.2, 0.25) is 0 Å². The quantitative estimate of drug-likeness (QED) is 0.361. The number of amidine groups is 2. The van der Waals surface area contributed by atoms with Gasteiger partial charge in [0.2, 0.25) is 11.8 Å². The maximum atomic E-state index is 13.6. The number of ether oxygens (including phenoxy) is 1. The highest BCUT2D eigenvalue weighted by Gasteiger charge is 2.42. The SMILES string of the molecule is CC[C@H](SC1=Nc2ccccc2C2=N[C@H](CCC(=O)NCc3ccccc3)C(=O)N12)C(=O)Nc1cccc(OC)c1. The molecule has 2 aliphatic heterocycles. The van der Waals surface area contributed by atoms with Gasteiger partial charge in [-0.05, 0) is 42.7 Å². The molecule has 0 spiro atoms. The molecule has 3 aromatic rings. The molecule has 210 valence electrons. The Balaban J connectivity index is 1.29. The van der Waals surface area contributed by atoms with Gasteiger partial charge in [0.1, 0.15) is 17.6 Å². The van der Waals surface area contributed by atoms with Crippen molar-refractivity contribution >= 4 is 51.9 Å². The average Bonchev–Trinajstić information content (AvgIpc) is 3.34. The van der Waals surface area contributed by atoms with Gasteiger partial charge in [-0.2, -0.15) is 0 Å². The monoisotopic (exact) mass is 569 g/mol. The molecule has 0 unspecified atom stereocenters. The molecular weight excluding hydrogens is 538 g/mol. The van der Waals surface area contributed by atoms with Gasteiger partial charge in [0.05, 0.1) is 18.0 Å². The zero-order valence-electron chi connectivity index (χ0n) is 22.9. The van der Waals surface area contributed by atoms with Crippen molar-refractivity contribution in [1.82, 2.24) is 10.2 Å². The molecule has 10 heteroatoms. The minimum absolute atomic E-state index is 0.143. The minimum atomic E-state index is -0.713. The number of rotatable bonds is 10. The number of methoxy groups -OCH3 is 1. The highest BCUT2D eigenvalue weighted by molar-refractivity contribution is 8.15. The second-order valence-electron chi connectivity index (χ2n) is 9.59. The number of thioether (sulfide) groups is 1. The van der Waals surface area contributed by atoms with Gasteiger partial charge in [0.15, 0.2) is 5.17 Å². The standard InChI is InChI=1S/C31H31N5O4S/c1-3-26(29(38)33-21-12-9-13-22(18-21)40-2)41-31-35-24-15-8-7-14-23(24)28-34-25(30(39)36(28)31)16-17-27(37)32-19-20-10-5-4-6-11-20/h4-15,18,25-26H,3,16-17,19H2,1-2H3,(H,32,37)(H,33,38)/t25-,26+/m1/s1. The minimum Gasteiger partial charge on any atom is -0.497 e. The predicted octanol–water partition coefficient (Wildman–Crippen LogP) is 4.90. The fourth-order valence-electron chi connectivity index (χ4n) is 4.59. The third kappa shape index (κ3) is 6.49. The first-order chi connectivity index (χ1) is 20.0. The molecule has 0 bridgehead atoms. The first-order valence-electron chi connectivity index (χ1n) is 13.5. The Labute approximate surface area is 243 Å². The van der Waals surface area contributed by atoms with Crippen LogP contribution in [0.1, 0.15) is 37.3 Å². The fourth-order valence-corrected chi connectivity index (χ4v) is 5.61. The lowest BCUT2D eigenvalue weighted by molar-refractivity contribution is -0.125. The molecule has 2 heterocycles. The van der Waals surface area contributed by atoms with Gasteiger partial charge in [-0.3, -0.25) is 19.4 Å². The van der Waals surface area contributed by atoms with Crippen LogP contribution in [0.25, 0.3) is 0 Å². The molecule has 0 saturated carbocycles. The first-order valence-corrected chi connectivity index (χ1v) is 14.4. The summed E-state index contributed by atoms with van der Waals surface area (Å²) in [6.45, 7) is 2.34. The molecule has 2 N–H and O–H groups in total. The zero-order valence-corrected chi connectivity index (χ0v) is 23.7. The summed E-state index contributed by atoms with van der Waals surface area (Å²) in [6, 6.07) is 23.6. The Morgan fingerprint density at radius 3 is 2.61 bits per heavy atom. The van der Waals surface area contributed by atoms with Crippen LogP contribution in [-0.2, 0) is 20.9 Å². The molecule has 2 aliphatic rings. The van der Waals surface area contributed by atoms with E-state index in [-0.39, 0.29) is 30.6 Å². The van der Waals surface area contributed by atoms with Gasteiger partial charge in [-0.25, -0.2) is 9.89 Å². The van der Waals surface area contributed by atoms with E-state index in [1.165, 1.54) is 16.7 Å². The number of aliphatic imine (C=N–C) groups is 2. The molecule has 3 amide bonds. The van der Waals surface area contributed by atoms with Crippen LogP contribution in [0.5, 0.6) is 5.75 Å². The Morgan fingerprint density at radius 1 is 1.05 bits per heavy atom. The lowest BCUT2D eigenvalue weighted by Gasteiger charge is -2.27. The van der Waals surface area contributed by atoms with E-state index in [1.54, 1.807) is 31.4 Å². The molecule has 0 saturated heterocycles. The van der Waals surface area contributed by atoms with Crippen LogP contribution in [0, 0.1) is 0 Å². The smallest absolute Gasteiger partial charge is 0.259 e. The number of carbonyl (C=O) groups is 3. The number of fused-ring (bicyclic) bond motifs is 3. The van der Waals surface area contributed by atoms with Crippen molar-refractivity contribution in [1.29, 1.82) is 0 Å². The summed E-state index contributed by atoms with van der Waals surface area (Å²) >= 11 is 1.23. The molecule has 9 nitrogen and oxygen atoms in total. The van der Waals surface area contributed by atoms with Crippen LogP contribution in [0.15, 0.2) is 88.8 Å². The topological polar surface area (TPSA) is 112 Å². The highest BCUT2D eigenvalue weighted by atomic mass is 32.2. The number of para-hydroxylation sites is 1. The normalized spacial score (nSPS) is 16.2. The number of hydrogen-bond donors (Lipinski definition) is 2. The van der Waals surface area contributed by atoms with E-state index in [0.29, 0.717) is 41.1 Å². The molecule has 0 aliphatic carbocycles. The van der Waals surface area contributed by atoms with E-state index >= 15 is 0 Å². The molecule has 0 aromatic heterocycles. The van der Waals surface area contributed by atoms with Gasteiger partial charge >= 0.3 is 0 Å². The average molecular weight is 570 g/mol. The number of nitrogens with one attached hydrogen (secondary N) is 2. The molecular formula is C31H31N5O4S. The number of anilines is 1. The Kier molecular flexibility index (Phi) is 8.79. The third-order valence-corrected chi connectivity index (χ3v) is 8.09. The van der Waals surface area contributed by atoms with E-state index in [2.05, 4.69) is 10.6 Å². The van der Waals surface area contributed by atoms with Gasteiger partial charge in [0.25, 0.3) is 5.91 Å². The van der Waals surface area contributed by atoms with E-state index in [9.17, 15) is 14.4 Å². The van der Waals surface area contributed by atoms with Crippen molar-refractivity contribution in [3.8, 4) is 5.75 Å². The summed E-state index contributed by atoms with van der Waals surface area (Å²) in [5.74, 6) is 0.542. The molecule has 3 aromatic carbocycles. The van der Waals surface area contributed by atoms with E-state index in [1.807, 2.05) is 61.5 Å². The van der Waals surface area contributed by atoms with Crippen LogP contribution in [-0.4, -0.2) is 52.0 Å². The summed E-state index contributed by atoms with van der Waals surface area (Å²) in [5, 5.41) is 5.73. The van der Waals surface area contributed by atoms with Crippen LogP contribution >= 0.6 is 11.8 Å². The summed E-state index contributed by atoms with van der Waals surface area (Å²) in [5.41, 5.74) is 3.05. The molecule has 5 rings (SSSR count). The molecule has 0 fully saturated rings. The van der Waals surface area contributed by atoms with Crippen molar-refractivity contribution in [2.75, 3.05) is 12.4 Å². The van der Waals surface area contributed by atoms with Crippen molar-refractivity contribution in [2.45, 2.75) is 44.0 Å². The largest absolute Gasteiger partial charge is 0.497 e. The van der Waals surface area contributed by atoms with Gasteiger partial charge < -0.3 is 15.4 Å². The van der Waals surface area contributed by atoms with E-state index in [0.717, 1.165) is 11.1 Å². The second kappa shape index (κ2) is 12.8. The summed E-state index contributed by atoms with van der Waals surface area (Å²) < 4.78 is 5.26. The van der Waals surface area contributed by atoms with Crippen LogP contribution in [0.4, 0.5) is 11.4 Å². The van der Waals surface area contributed by atoms with Crippen molar-refractivity contribution in [2.24, 2.45) is 9.98 Å². The maximum Gasteiger partial charge on any atom is 0.259 e. The van der Waals surface area contributed by atoms with E-state index < -0.39 is 11.3 Å².